The summed E-state index contributed by atoms with van der Waals surface area (Å²) in [6.07, 6.45) is 0. The molecule has 0 amide bonds. The van der Waals surface area contributed by atoms with Crippen molar-refractivity contribution in [1.29, 1.82) is 5.26 Å². The lowest BCUT2D eigenvalue weighted by Crippen LogP contribution is -2.22. The molecule has 0 spiro atoms. The molecular formula is C23H20N4O4. The molecule has 0 saturated heterocycles. The standard InChI is InChI=1S/C23H20N4O4/c1-3-31-23(30)17-9-11-18(12-10-17)25-26-20-15(2)19(13-24)21(28)27(22(20)29)14-16-7-5-4-6-8-16/h4-12,28H,3,14H2,1-2H3. The van der Waals surface area contributed by atoms with Gasteiger partial charge in [0.15, 0.2) is 5.69 Å². The van der Waals surface area contributed by atoms with Crippen LogP contribution in [-0.2, 0) is 11.3 Å². The summed E-state index contributed by atoms with van der Waals surface area (Å²) in [7, 11) is 0. The molecule has 2 aromatic carbocycles. The third kappa shape index (κ3) is 4.67. The predicted octanol–water partition coefficient (Wildman–Crippen LogP) is 4.37. The van der Waals surface area contributed by atoms with Crippen molar-refractivity contribution in [2.75, 3.05) is 6.61 Å². The van der Waals surface area contributed by atoms with Crippen LogP contribution in [0.25, 0.3) is 0 Å². The van der Waals surface area contributed by atoms with Gasteiger partial charge in [0.1, 0.15) is 11.6 Å². The lowest BCUT2D eigenvalue weighted by Gasteiger charge is -2.13. The Morgan fingerprint density at radius 3 is 2.42 bits per heavy atom. The summed E-state index contributed by atoms with van der Waals surface area (Å²) in [6, 6.07) is 17.2. The topological polar surface area (TPSA) is 117 Å². The molecule has 8 heteroatoms. The van der Waals surface area contributed by atoms with Crippen molar-refractivity contribution in [2.24, 2.45) is 10.2 Å². The van der Waals surface area contributed by atoms with Crippen LogP contribution in [0.5, 0.6) is 5.88 Å². The number of azo groups is 1. The van der Waals surface area contributed by atoms with E-state index >= 15 is 0 Å². The number of aromatic hydroxyl groups is 1. The van der Waals surface area contributed by atoms with Crippen LogP contribution >= 0.6 is 0 Å². The number of nitrogens with zero attached hydrogens (tertiary/aromatic N) is 4. The number of rotatable bonds is 6. The Bertz CT molecular complexity index is 1220. The highest BCUT2D eigenvalue weighted by Crippen LogP contribution is 2.27. The van der Waals surface area contributed by atoms with Crippen LogP contribution in [0.4, 0.5) is 11.4 Å². The zero-order chi connectivity index (χ0) is 22.4. The number of nitriles is 1. The number of benzene rings is 2. The molecule has 0 aliphatic rings. The van der Waals surface area contributed by atoms with Crippen molar-refractivity contribution in [3.05, 3.63) is 87.2 Å². The van der Waals surface area contributed by atoms with E-state index < -0.39 is 17.4 Å². The summed E-state index contributed by atoms with van der Waals surface area (Å²) in [5, 5.41) is 28.1. The van der Waals surface area contributed by atoms with Gasteiger partial charge in [0.05, 0.1) is 24.4 Å². The quantitative estimate of drug-likeness (QED) is 0.473. The van der Waals surface area contributed by atoms with Crippen LogP contribution in [-0.4, -0.2) is 22.2 Å². The smallest absolute Gasteiger partial charge is 0.338 e. The zero-order valence-corrected chi connectivity index (χ0v) is 17.1. The average Bonchev–Trinajstić information content (AvgIpc) is 2.78. The highest BCUT2D eigenvalue weighted by Gasteiger charge is 2.19. The number of pyridine rings is 1. The van der Waals surface area contributed by atoms with Gasteiger partial charge in [-0.1, -0.05) is 30.3 Å². The third-order valence-corrected chi connectivity index (χ3v) is 4.60. The highest BCUT2D eigenvalue weighted by molar-refractivity contribution is 5.89. The molecule has 0 bridgehead atoms. The molecule has 156 valence electrons. The van der Waals surface area contributed by atoms with E-state index in [9.17, 15) is 20.0 Å². The number of hydrogen-bond acceptors (Lipinski definition) is 7. The minimum atomic E-state index is -0.565. The fourth-order valence-electron chi connectivity index (χ4n) is 2.96. The van der Waals surface area contributed by atoms with E-state index in [1.165, 1.54) is 6.92 Å². The minimum Gasteiger partial charge on any atom is -0.493 e. The molecule has 1 heterocycles. The van der Waals surface area contributed by atoms with E-state index in [1.54, 1.807) is 31.2 Å². The van der Waals surface area contributed by atoms with Gasteiger partial charge in [-0.15, -0.1) is 5.11 Å². The largest absolute Gasteiger partial charge is 0.493 e. The molecular weight excluding hydrogens is 396 g/mol. The van der Waals surface area contributed by atoms with E-state index in [-0.39, 0.29) is 30.0 Å². The monoisotopic (exact) mass is 416 g/mol. The Kier molecular flexibility index (Phi) is 6.58. The molecule has 1 N–H and O–H groups in total. The molecule has 31 heavy (non-hydrogen) atoms. The molecule has 0 aliphatic heterocycles. The lowest BCUT2D eigenvalue weighted by atomic mass is 10.1. The van der Waals surface area contributed by atoms with Gasteiger partial charge in [-0.05, 0) is 43.7 Å². The number of hydrogen-bond donors (Lipinski definition) is 1. The highest BCUT2D eigenvalue weighted by atomic mass is 16.5. The Balaban J connectivity index is 1.99. The van der Waals surface area contributed by atoms with Crippen LogP contribution in [0.2, 0.25) is 0 Å². The fraction of sp³-hybridized carbons (Fsp3) is 0.174. The molecule has 8 nitrogen and oxygen atoms in total. The lowest BCUT2D eigenvalue weighted by molar-refractivity contribution is 0.0526. The summed E-state index contributed by atoms with van der Waals surface area (Å²) < 4.78 is 6.03. The number of carbonyl (C=O) groups excluding carboxylic acids is 1. The SMILES string of the molecule is CCOC(=O)c1ccc(N=Nc2c(C)c(C#N)c(O)n(Cc3ccccc3)c2=O)cc1. The number of carbonyl (C=O) groups is 1. The molecule has 0 unspecified atom stereocenters. The molecule has 3 rings (SSSR count). The van der Waals surface area contributed by atoms with Crippen LogP contribution in [0.3, 0.4) is 0 Å². The van der Waals surface area contributed by atoms with Gasteiger partial charge >= 0.3 is 5.97 Å². The maximum absolute atomic E-state index is 13.0. The normalized spacial score (nSPS) is 10.7. The van der Waals surface area contributed by atoms with Gasteiger partial charge in [-0.25, -0.2) is 4.79 Å². The summed E-state index contributed by atoms with van der Waals surface area (Å²) in [6.45, 7) is 3.61. The van der Waals surface area contributed by atoms with Gasteiger partial charge in [-0.3, -0.25) is 9.36 Å². The maximum atomic E-state index is 13.0. The van der Waals surface area contributed by atoms with Gasteiger partial charge in [0.2, 0.25) is 5.88 Å². The first-order chi connectivity index (χ1) is 15.0. The molecule has 0 aliphatic carbocycles. The predicted molar refractivity (Wildman–Crippen MR) is 114 cm³/mol. The maximum Gasteiger partial charge on any atom is 0.338 e. The number of esters is 1. The van der Waals surface area contributed by atoms with E-state index in [0.717, 1.165) is 10.1 Å². The van der Waals surface area contributed by atoms with Crippen LogP contribution in [0.1, 0.15) is 34.0 Å². The van der Waals surface area contributed by atoms with Crippen molar-refractivity contribution in [3.63, 3.8) is 0 Å². The van der Waals surface area contributed by atoms with Gasteiger partial charge < -0.3 is 9.84 Å². The molecule has 3 aromatic rings. The Hall–Kier alpha value is -4.25. The summed E-state index contributed by atoms with van der Waals surface area (Å²) in [4.78, 5) is 24.7. The van der Waals surface area contributed by atoms with Gasteiger partial charge in [-0.2, -0.15) is 10.4 Å². The number of aromatic nitrogens is 1. The second-order valence-electron chi connectivity index (χ2n) is 6.63. The van der Waals surface area contributed by atoms with E-state index in [0.29, 0.717) is 11.3 Å². The van der Waals surface area contributed by atoms with E-state index in [2.05, 4.69) is 10.2 Å². The summed E-state index contributed by atoms with van der Waals surface area (Å²) in [5.74, 6) is -0.852. The van der Waals surface area contributed by atoms with Gasteiger partial charge in [0, 0.05) is 5.56 Å². The zero-order valence-electron chi connectivity index (χ0n) is 17.1. The molecule has 0 fully saturated rings. The second kappa shape index (κ2) is 9.50. The summed E-state index contributed by atoms with van der Waals surface area (Å²) >= 11 is 0. The Labute approximate surface area is 178 Å². The first-order valence-electron chi connectivity index (χ1n) is 9.55. The van der Waals surface area contributed by atoms with Crippen molar-refractivity contribution in [2.45, 2.75) is 20.4 Å². The number of ether oxygens (including phenoxy) is 1. The first-order valence-corrected chi connectivity index (χ1v) is 9.55. The first kappa shape index (κ1) is 21.5. The van der Waals surface area contributed by atoms with Crippen LogP contribution in [0.15, 0.2) is 69.6 Å². The van der Waals surface area contributed by atoms with Crippen molar-refractivity contribution >= 4 is 17.3 Å². The van der Waals surface area contributed by atoms with Crippen molar-refractivity contribution < 1.29 is 14.6 Å². The molecule has 1 aromatic heterocycles. The fourth-order valence-corrected chi connectivity index (χ4v) is 2.96. The van der Waals surface area contributed by atoms with Crippen molar-refractivity contribution in [1.82, 2.24) is 4.57 Å². The molecule has 0 atom stereocenters. The Morgan fingerprint density at radius 2 is 1.81 bits per heavy atom. The molecule has 0 radical (unpaired) electrons. The summed E-state index contributed by atoms with van der Waals surface area (Å²) in [5.41, 5.74) is 1.16. The third-order valence-electron chi connectivity index (χ3n) is 4.60. The van der Waals surface area contributed by atoms with Crippen molar-refractivity contribution in [3.8, 4) is 11.9 Å². The van der Waals surface area contributed by atoms with Gasteiger partial charge in [0.25, 0.3) is 5.56 Å². The minimum absolute atomic E-state index is 0.0397. The second-order valence-corrected chi connectivity index (χ2v) is 6.63. The van der Waals surface area contributed by atoms with E-state index in [1.807, 2.05) is 36.4 Å². The average molecular weight is 416 g/mol. The van der Waals surface area contributed by atoms with E-state index in [4.69, 9.17) is 4.74 Å². The van der Waals surface area contributed by atoms with Crippen LogP contribution in [0, 0.1) is 18.3 Å². The Morgan fingerprint density at radius 1 is 1.13 bits per heavy atom. The molecule has 0 saturated carbocycles. The van der Waals surface area contributed by atoms with Crippen LogP contribution < -0.4 is 5.56 Å².